The van der Waals surface area contributed by atoms with E-state index in [1.165, 1.54) is 0 Å². The number of rotatable bonds is 4. The van der Waals surface area contributed by atoms with Gasteiger partial charge >= 0.3 is 0 Å². The summed E-state index contributed by atoms with van der Waals surface area (Å²) in [6, 6.07) is 8.61. The Labute approximate surface area is 162 Å². The summed E-state index contributed by atoms with van der Waals surface area (Å²) >= 11 is 0. The first kappa shape index (κ1) is 17.0. The van der Waals surface area contributed by atoms with Crippen molar-refractivity contribution in [2.75, 3.05) is 17.2 Å². The molecule has 1 amide bonds. The summed E-state index contributed by atoms with van der Waals surface area (Å²) in [6.45, 7) is 1.38. The van der Waals surface area contributed by atoms with Crippen LogP contribution in [0, 0.1) is 0 Å². The number of nitrogens with one attached hydrogen (secondary N) is 3. The second-order valence-corrected chi connectivity index (χ2v) is 7.46. The Hall–Kier alpha value is -3.16. The van der Waals surface area contributed by atoms with E-state index in [1.807, 2.05) is 35.0 Å². The predicted octanol–water partition coefficient (Wildman–Crippen LogP) is 2.40. The molecule has 8 nitrogen and oxygen atoms in total. The maximum atomic E-state index is 12.0. The Morgan fingerprint density at radius 3 is 2.68 bits per heavy atom. The molecular weight excluding hydrogens is 354 g/mol. The third-order valence-electron chi connectivity index (χ3n) is 5.57. The quantitative estimate of drug-likeness (QED) is 0.646. The molecule has 3 N–H and O–H groups in total. The molecule has 1 fully saturated rings. The van der Waals surface area contributed by atoms with Crippen molar-refractivity contribution in [1.82, 2.24) is 24.8 Å². The second kappa shape index (κ2) is 7.10. The van der Waals surface area contributed by atoms with Crippen LogP contribution in [0.1, 0.15) is 36.2 Å². The first-order chi connectivity index (χ1) is 13.8. The summed E-state index contributed by atoms with van der Waals surface area (Å²) in [6.07, 6.45) is 7.89. The number of carbonyl (C=O) groups excluding carboxylic acids is 1. The van der Waals surface area contributed by atoms with E-state index in [1.54, 1.807) is 6.20 Å². The number of carbonyl (C=O) groups is 1. The first-order valence-electron chi connectivity index (χ1n) is 9.85. The largest absolute Gasteiger partial charge is 0.367 e. The predicted molar refractivity (Wildman–Crippen MR) is 107 cm³/mol. The van der Waals surface area contributed by atoms with E-state index in [0.717, 1.165) is 49.1 Å². The van der Waals surface area contributed by atoms with Gasteiger partial charge in [-0.2, -0.15) is 4.98 Å². The fourth-order valence-corrected chi connectivity index (χ4v) is 4.12. The zero-order valence-electron chi connectivity index (χ0n) is 15.6. The Balaban J connectivity index is 1.24. The summed E-state index contributed by atoms with van der Waals surface area (Å²) in [5.74, 6) is 1.53. The van der Waals surface area contributed by atoms with Gasteiger partial charge in [0.1, 0.15) is 17.2 Å². The minimum Gasteiger partial charge on any atom is -0.367 e. The first-order valence-corrected chi connectivity index (χ1v) is 9.85. The number of aromatic nitrogens is 4. The van der Waals surface area contributed by atoms with E-state index in [-0.39, 0.29) is 5.91 Å². The molecule has 1 aliphatic heterocycles. The van der Waals surface area contributed by atoms with E-state index in [9.17, 15) is 4.79 Å². The average molecular weight is 377 g/mol. The van der Waals surface area contributed by atoms with Crippen molar-refractivity contribution in [2.45, 2.75) is 44.3 Å². The number of nitrogens with zero attached hydrogens (tertiary/aromatic N) is 4. The molecule has 0 unspecified atom stereocenters. The lowest BCUT2D eigenvalue weighted by Crippen LogP contribution is -2.35. The standard InChI is InChI=1S/C20H23N7O/c28-19-16-11-13-12-23-20(26-18(13)27(16)10-9-22-19)25-15-6-4-14(5-7-15)24-17-3-1-2-8-21-17/h1-3,8,11-12,14-15H,4-7,9-10H2,(H,21,24)(H,22,28)(H,23,25,26). The van der Waals surface area contributed by atoms with Crippen LogP contribution in [0.3, 0.4) is 0 Å². The van der Waals surface area contributed by atoms with Crippen LogP contribution < -0.4 is 16.0 Å². The number of anilines is 2. The van der Waals surface area contributed by atoms with Crippen molar-refractivity contribution in [3.63, 3.8) is 0 Å². The van der Waals surface area contributed by atoms with Crippen LogP contribution in [0.2, 0.25) is 0 Å². The van der Waals surface area contributed by atoms with Gasteiger partial charge < -0.3 is 20.5 Å². The topological polar surface area (TPSA) is 96.8 Å². The molecule has 0 bridgehead atoms. The van der Waals surface area contributed by atoms with Gasteiger partial charge in [-0.3, -0.25) is 4.79 Å². The van der Waals surface area contributed by atoms with Gasteiger partial charge in [-0.1, -0.05) is 6.07 Å². The fraction of sp³-hybridized carbons (Fsp3) is 0.400. The third-order valence-corrected chi connectivity index (χ3v) is 5.57. The summed E-state index contributed by atoms with van der Waals surface area (Å²) in [4.78, 5) is 25.5. The van der Waals surface area contributed by atoms with E-state index in [4.69, 9.17) is 4.98 Å². The lowest BCUT2D eigenvalue weighted by Gasteiger charge is -2.30. The minimum absolute atomic E-state index is 0.0440. The van der Waals surface area contributed by atoms with Crippen molar-refractivity contribution in [1.29, 1.82) is 0 Å². The molecule has 4 heterocycles. The van der Waals surface area contributed by atoms with Gasteiger partial charge in [0.2, 0.25) is 5.95 Å². The zero-order valence-corrected chi connectivity index (χ0v) is 15.6. The lowest BCUT2D eigenvalue weighted by atomic mass is 9.91. The molecule has 0 spiro atoms. The Morgan fingerprint density at radius 1 is 1.07 bits per heavy atom. The Kier molecular flexibility index (Phi) is 4.31. The highest BCUT2D eigenvalue weighted by Crippen LogP contribution is 2.25. The number of hydrogen-bond donors (Lipinski definition) is 3. The molecule has 144 valence electrons. The molecule has 3 aromatic rings. The number of hydrogen-bond acceptors (Lipinski definition) is 6. The van der Waals surface area contributed by atoms with Crippen molar-refractivity contribution < 1.29 is 4.79 Å². The lowest BCUT2D eigenvalue weighted by molar-refractivity contribution is 0.0929. The summed E-state index contributed by atoms with van der Waals surface area (Å²) in [5, 5.41) is 10.8. The normalized spacial score (nSPS) is 21.8. The van der Waals surface area contributed by atoms with Crippen LogP contribution in [0.4, 0.5) is 11.8 Å². The highest BCUT2D eigenvalue weighted by atomic mass is 16.2. The maximum Gasteiger partial charge on any atom is 0.268 e. The van der Waals surface area contributed by atoms with E-state index in [2.05, 4.69) is 25.9 Å². The Morgan fingerprint density at radius 2 is 1.89 bits per heavy atom. The molecule has 8 heteroatoms. The van der Waals surface area contributed by atoms with Crippen LogP contribution in [0.15, 0.2) is 36.7 Å². The van der Waals surface area contributed by atoms with Crippen LogP contribution in [0.25, 0.3) is 11.0 Å². The summed E-state index contributed by atoms with van der Waals surface area (Å²) in [5.41, 5.74) is 1.49. The van der Waals surface area contributed by atoms with Gasteiger partial charge in [0.25, 0.3) is 5.91 Å². The molecule has 1 aliphatic carbocycles. The molecule has 0 saturated heterocycles. The van der Waals surface area contributed by atoms with E-state index in [0.29, 0.717) is 30.3 Å². The minimum atomic E-state index is -0.0440. The fourth-order valence-electron chi connectivity index (χ4n) is 4.12. The molecular formula is C20H23N7O. The average Bonchev–Trinajstić information content (AvgIpc) is 3.10. The van der Waals surface area contributed by atoms with Crippen molar-refractivity contribution >= 4 is 28.7 Å². The molecule has 2 aliphatic rings. The molecule has 5 rings (SSSR count). The third kappa shape index (κ3) is 3.26. The highest BCUT2D eigenvalue weighted by molar-refractivity contribution is 5.98. The highest BCUT2D eigenvalue weighted by Gasteiger charge is 2.23. The number of amides is 1. The molecule has 0 radical (unpaired) electrons. The van der Waals surface area contributed by atoms with Gasteiger partial charge in [-0.25, -0.2) is 9.97 Å². The van der Waals surface area contributed by atoms with Crippen molar-refractivity contribution in [2.24, 2.45) is 0 Å². The van der Waals surface area contributed by atoms with Crippen LogP contribution in [-0.4, -0.2) is 44.1 Å². The van der Waals surface area contributed by atoms with Crippen molar-refractivity contribution in [3.05, 3.63) is 42.4 Å². The van der Waals surface area contributed by atoms with Crippen molar-refractivity contribution in [3.8, 4) is 0 Å². The SMILES string of the molecule is O=C1NCCn2c1cc1cnc(NC3CCC(Nc4ccccn4)CC3)nc12. The van der Waals surface area contributed by atoms with Crippen LogP contribution in [-0.2, 0) is 6.54 Å². The van der Waals surface area contributed by atoms with Gasteiger partial charge in [-0.05, 0) is 43.9 Å². The van der Waals surface area contributed by atoms with Gasteiger partial charge in [0.15, 0.2) is 0 Å². The number of fused-ring (bicyclic) bond motifs is 3. The monoisotopic (exact) mass is 377 g/mol. The summed E-state index contributed by atoms with van der Waals surface area (Å²) < 4.78 is 1.98. The molecule has 28 heavy (non-hydrogen) atoms. The van der Waals surface area contributed by atoms with E-state index < -0.39 is 0 Å². The van der Waals surface area contributed by atoms with Crippen LogP contribution >= 0.6 is 0 Å². The molecule has 1 saturated carbocycles. The molecule has 0 atom stereocenters. The maximum absolute atomic E-state index is 12.0. The zero-order chi connectivity index (χ0) is 18.9. The molecule has 3 aromatic heterocycles. The summed E-state index contributed by atoms with van der Waals surface area (Å²) in [7, 11) is 0. The van der Waals surface area contributed by atoms with Crippen LogP contribution in [0.5, 0.6) is 0 Å². The Bertz CT molecular complexity index is 992. The second-order valence-electron chi connectivity index (χ2n) is 7.46. The van der Waals surface area contributed by atoms with E-state index >= 15 is 0 Å². The smallest absolute Gasteiger partial charge is 0.268 e. The number of pyridine rings is 1. The van der Waals surface area contributed by atoms with Gasteiger partial charge in [0.05, 0.1) is 0 Å². The van der Waals surface area contributed by atoms with Gasteiger partial charge in [0, 0.05) is 43.0 Å². The van der Waals surface area contributed by atoms with Gasteiger partial charge in [-0.15, -0.1) is 0 Å². The molecule has 0 aromatic carbocycles.